The number of carbonyl (C=O) groups is 1. The van der Waals surface area contributed by atoms with Crippen LogP contribution >= 0.6 is 22.7 Å². The summed E-state index contributed by atoms with van der Waals surface area (Å²) in [6.45, 7) is 2.23. The SMILES string of the molecule is COc1cccc(-c2nc(CC(=O)Nc3sc4c(c3C#N)CC[C@@H](C)C4)cs2)c1OC. The third-order valence-corrected chi connectivity index (χ3v) is 7.50. The fourth-order valence-electron chi connectivity index (χ4n) is 3.86. The van der Waals surface area contributed by atoms with E-state index < -0.39 is 0 Å². The van der Waals surface area contributed by atoms with Crippen molar-refractivity contribution in [2.75, 3.05) is 19.5 Å². The number of fused-ring (bicyclic) bond motifs is 1. The van der Waals surface area contributed by atoms with Crippen molar-refractivity contribution in [3.8, 4) is 28.1 Å². The fraction of sp³-hybridized carbons (Fsp3) is 0.348. The van der Waals surface area contributed by atoms with Crippen molar-refractivity contribution < 1.29 is 14.3 Å². The summed E-state index contributed by atoms with van der Waals surface area (Å²) in [7, 11) is 3.19. The highest BCUT2D eigenvalue weighted by Crippen LogP contribution is 2.40. The highest BCUT2D eigenvalue weighted by molar-refractivity contribution is 7.16. The van der Waals surface area contributed by atoms with Gasteiger partial charge in [-0.05, 0) is 42.9 Å². The van der Waals surface area contributed by atoms with Crippen LogP contribution in [0.2, 0.25) is 0 Å². The van der Waals surface area contributed by atoms with Crippen LogP contribution in [0.5, 0.6) is 11.5 Å². The molecule has 2 aromatic heterocycles. The molecular formula is C23H23N3O3S2. The van der Waals surface area contributed by atoms with E-state index in [4.69, 9.17) is 9.47 Å². The molecule has 1 aliphatic rings. The summed E-state index contributed by atoms with van der Waals surface area (Å²) in [6.07, 6.45) is 3.11. The molecular weight excluding hydrogens is 430 g/mol. The second kappa shape index (κ2) is 9.08. The summed E-state index contributed by atoms with van der Waals surface area (Å²) < 4.78 is 10.9. The lowest BCUT2D eigenvalue weighted by Gasteiger charge is -2.17. The van der Waals surface area contributed by atoms with E-state index in [9.17, 15) is 10.1 Å². The summed E-state index contributed by atoms with van der Waals surface area (Å²) in [5, 5.41) is 15.9. The van der Waals surface area contributed by atoms with Gasteiger partial charge in [0.05, 0.1) is 37.5 Å². The highest BCUT2D eigenvalue weighted by atomic mass is 32.1. The zero-order valence-corrected chi connectivity index (χ0v) is 19.3. The molecule has 1 aromatic carbocycles. The Morgan fingerprint density at radius 1 is 1.35 bits per heavy atom. The molecule has 1 N–H and O–H groups in total. The number of nitrogens with zero attached hydrogens (tertiary/aromatic N) is 2. The molecule has 0 bridgehead atoms. The number of thiazole rings is 1. The van der Waals surface area contributed by atoms with Gasteiger partial charge in [0.15, 0.2) is 11.5 Å². The Balaban J connectivity index is 1.51. The zero-order valence-electron chi connectivity index (χ0n) is 17.7. The molecule has 0 aliphatic heterocycles. The summed E-state index contributed by atoms with van der Waals surface area (Å²) >= 11 is 2.99. The molecule has 31 heavy (non-hydrogen) atoms. The van der Waals surface area contributed by atoms with Gasteiger partial charge in [0.2, 0.25) is 5.91 Å². The Labute approximate surface area is 189 Å². The predicted molar refractivity (Wildman–Crippen MR) is 123 cm³/mol. The van der Waals surface area contributed by atoms with Crippen LogP contribution in [-0.4, -0.2) is 25.1 Å². The van der Waals surface area contributed by atoms with E-state index in [0.717, 1.165) is 35.4 Å². The molecule has 4 rings (SSSR count). The Hall–Kier alpha value is -2.89. The number of carbonyl (C=O) groups excluding carboxylic acids is 1. The maximum absolute atomic E-state index is 12.7. The van der Waals surface area contributed by atoms with Crippen molar-refractivity contribution in [3.05, 3.63) is 45.3 Å². The molecule has 0 saturated carbocycles. The van der Waals surface area contributed by atoms with Crippen molar-refractivity contribution in [3.63, 3.8) is 0 Å². The van der Waals surface area contributed by atoms with Crippen molar-refractivity contribution in [2.24, 2.45) is 5.92 Å². The van der Waals surface area contributed by atoms with Crippen LogP contribution in [0.15, 0.2) is 23.6 Å². The number of anilines is 1. The number of aromatic nitrogens is 1. The Bertz CT molecular complexity index is 1160. The van der Waals surface area contributed by atoms with Crippen molar-refractivity contribution in [2.45, 2.75) is 32.6 Å². The summed E-state index contributed by atoms with van der Waals surface area (Å²) in [4.78, 5) is 18.6. The number of nitrogens with one attached hydrogen (secondary N) is 1. The van der Waals surface area contributed by atoms with Crippen molar-refractivity contribution >= 4 is 33.6 Å². The molecule has 0 unspecified atom stereocenters. The Kier molecular flexibility index (Phi) is 6.25. The van der Waals surface area contributed by atoms with Gasteiger partial charge in [-0.3, -0.25) is 4.79 Å². The standard InChI is InChI=1S/C23H23N3O3S2/c1-13-7-8-15-17(11-24)23(31-19(15)9-13)26-20(27)10-14-12-30-22(25-14)16-5-4-6-18(28-2)21(16)29-3/h4-6,12-13H,7-10H2,1-3H3,(H,26,27)/t13-/m1/s1. The van der Waals surface area contributed by atoms with E-state index in [1.807, 2.05) is 23.6 Å². The van der Waals surface area contributed by atoms with E-state index in [1.165, 1.54) is 27.6 Å². The van der Waals surface area contributed by atoms with Gasteiger partial charge < -0.3 is 14.8 Å². The minimum absolute atomic E-state index is 0.145. The maximum atomic E-state index is 12.7. The summed E-state index contributed by atoms with van der Waals surface area (Å²) in [5.41, 5.74) is 3.24. The fourth-order valence-corrected chi connectivity index (χ4v) is 6.08. The Morgan fingerprint density at radius 2 is 2.19 bits per heavy atom. The number of thiophene rings is 1. The van der Waals surface area contributed by atoms with Gasteiger partial charge >= 0.3 is 0 Å². The number of methoxy groups -OCH3 is 2. The first-order chi connectivity index (χ1) is 15.0. The number of ether oxygens (including phenoxy) is 2. The van der Waals surface area contributed by atoms with Gasteiger partial charge in [0, 0.05) is 10.3 Å². The third kappa shape index (κ3) is 4.29. The summed E-state index contributed by atoms with van der Waals surface area (Å²) in [5.74, 6) is 1.70. The van der Waals surface area contributed by atoms with E-state index >= 15 is 0 Å². The van der Waals surface area contributed by atoms with Gasteiger partial charge in [0.1, 0.15) is 16.1 Å². The molecule has 6 nitrogen and oxygen atoms in total. The maximum Gasteiger partial charge on any atom is 0.231 e. The number of rotatable bonds is 6. The zero-order chi connectivity index (χ0) is 22.0. The molecule has 0 spiro atoms. The minimum Gasteiger partial charge on any atom is -0.493 e. The van der Waals surface area contributed by atoms with Crippen LogP contribution in [0.25, 0.3) is 10.6 Å². The van der Waals surface area contributed by atoms with Crippen LogP contribution < -0.4 is 14.8 Å². The molecule has 0 radical (unpaired) electrons. The molecule has 1 aliphatic carbocycles. The van der Waals surface area contributed by atoms with Gasteiger partial charge in [-0.15, -0.1) is 22.7 Å². The first kappa shape index (κ1) is 21.3. The summed E-state index contributed by atoms with van der Waals surface area (Å²) in [6, 6.07) is 7.92. The van der Waals surface area contributed by atoms with Gasteiger partial charge in [0.25, 0.3) is 0 Å². The Morgan fingerprint density at radius 3 is 2.94 bits per heavy atom. The number of amides is 1. The lowest BCUT2D eigenvalue weighted by atomic mass is 9.89. The second-order valence-electron chi connectivity index (χ2n) is 7.58. The number of nitriles is 1. The number of para-hydroxylation sites is 1. The first-order valence-corrected chi connectivity index (χ1v) is 11.7. The topological polar surface area (TPSA) is 84.2 Å². The third-order valence-electron chi connectivity index (χ3n) is 5.40. The molecule has 1 amide bonds. The van der Waals surface area contributed by atoms with Crippen LogP contribution in [0.3, 0.4) is 0 Å². The molecule has 1 atom stereocenters. The number of benzene rings is 1. The van der Waals surface area contributed by atoms with Gasteiger partial charge in [-0.2, -0.15) is 5.26 Å². The van der Waals surface area contributed by atoms with E-state index in [0.29, 0.717) is 33.7 Å². The normalized spacial score (nSPS) is 15.1. The van der Waals surface area contributed by atoms with Crippen LogP contribution in [-0.2, 0) is 24.1 Å². The average Bonchev–Trinajstić information content (AvgIpc) is 3.36. The van der Waals surface area contributed by atoms with Crippen LogP contribution in [0.1, 0.15) is 35.0 Å². The predicted octanol–water partition coefficient (Wildman–Crippen LogP) is 5.07. The molecule has 3 aromatic rings. The van der Waals surface area contributed by atoms with Gasteiger partial charge in [-0.25, -0.2) is 4.98 Å². The average molecular weight is 454 g/mol. The first-order valence-electron chi connectivity index (χ1n) is 10.0. The highest BCUT2D eigenvalue weighted by Gasteiger charge is 2.25. The lowest BCUT2D eigenvalue weighted by Crippen LogP contribution is -2.14. The molecule has 2 heterocycles. The quantitative estimate of drug-likeness (QED) is 0.563. The number of hydrogen-bond acceptors (Lipinski definition) is 7. The van der Waals surface area contributed by atoms with Crippen molar-refractivity contribution in [1.29, 1.82) is 5.26 Å². The molecule has 0 saturated heterocycles. The van der Waals surface area contributed by atoms with E-state index in [-0.39, 0.29) is 12.3 Å². The largest absolute Gasteiger partial charge is 0.493 e. The van der Waals surface area contributed by atoms with E-state index in [2.05, 4.69) is 23.3 Å². The molecule has 160 valence electrons. The van der Waals surface area contributed by atoms with Crippen LogP contribution in [0.4, 0.5) is 5.00 Å². The second-order valence-corrected chi connectivity index (χ2v) is 9.54. The molecule has 0 fully saturated rings. The monoisotopic (exact) mass is 453 g/mol. The molecule has 8 heteroatoms. The number of hydrogen-bond donors (Lipinski definition) is 1. The van der Waals surface area contributed by atoms with Gasteiger partial charge in [-0.1, -0.05) is 13.0 Å². The lowest BCUT2D eigenvalue weighted by molar-refractivity contribution is -0.115. The minimum atomic E-state index is -0.169. The van der Waals surface area contributed by atoms with E-state index in [1.54, 1.807) is 14.2 Å². The van der Waals surface area contributed by atoms with Crippen molar-refractivity contribution in [1.82, 2.24) is 4.98 Å². The smallest absolute Gasteiger partial charge is 0.231 e. The van der Waals surface area contributed by atoms with Crippen LogP contribution in [0, 0.1) is 17.2 Å².